The zero-order valence-electron chi connectivity index (χ0n) is 10.0. The Balaban J connectivity index is 2.09. The molecule has 0 aromatic carbocycles. The van der Waals surface area contributed by atoms with Crippen LogP contribution in [0.5, 0.6) is 0 Å². The third-order valence-corrected chi connectivity index (χ3v) is 2.58. The lowest BCUT2D eigenvalue weighted by Crippen LogP contribution is -2.41. The molecule has 1 amide bonds. The first kappa shape index (κ1) is 13.1. The monoisotopic (exact) mass is 241 g/mol. The van der Waals surface area contributed by atoms with Crippen LogP contribution in [0.3, 0.4) is 0 Å². The molecule has 5 heteroatoms. The number of nitrogens with zero attached hydrogens (tertiary/aromatic N) is 1. The molecular weight excluding hydrogens is 222 g/mol. The van der Waals surface area contributed by atoms with Gasteiger partial charge < -0.3 is 10.6 Å². The molecule has 0 saturated carbocycles. The molecule has 0 fully saturated rings. The molecule has 0 radical (unpaired) electrons. The molecule has 0 unspecified atom stereocenters. The van der Waals surface area contributed by atoms with Gasteiger partial charge in [-0.25, -0.2) is 4.98 Å². The number of nitrogens with one attached hydrogen (secondary N) is 2. The average molecular weight is 241 g/mol. The Labute approximate surface area is 100 Å². The van der Waals surface area contributed by atoms with E-state index >= 15 is 0 Å². The normalized spacial score (nSPS) is 11.4. The van der Waals surface area contributed by atoms with Gasteiger partial charge in [0.2, 0.25) is 5.91 Å². The van der Waals surface area contributed by atoms with E-state index in [9.17, 15) is 4.79 Å². The van der Waals surface area contributed by atoms with Gasteiger partial charge in [0, 0.05) is 36.6 Å². The minimum absolute atomic E-state index is 0.0825. The van der Waals surface area contributed by atoms with E-state index in [1.54, 1.807) is 17.5 Å². The van der Waals surface area contributed by atoms with Crippen molar-refractivity contribution in [1.29, 1.82) is 0 Å². The summed E-state index contributed by atoms with van der Waals surface area (Å²) in [6.45, 7) is 7.36. The Morgan fingerprint density at radius 1 is 1.50 bits per heavy atom. The molecule has 0 saturated heterocycles. The van der Waals surface area contributed by atoms with Crippen molar-refractivity contribution in [2.45, 2.75) is 39.3 Å². The highest BCUT2D eigenvalue weighted by Crippen LogP contribution is 2.02. The van der Waals surface area contributed by atoms with E-state index in [1.165, 1.54) is 0 Å². The van der Waals surface area contributed by atoms with Crippen molar-refractivity contribution in [3.8, 4) is 0 Å². The minimum Gasteiger partial charge on any atom is -0.351 e. The predicted molar refractivity (Wildman–Crippen MR) is 66.3 cm³/mol. The molecule has 1 aromatic rings. The van der Waals surface area contributed by atoms with Crippen LogP contribution in [0.2, 0.25) is 0 Å². The van der Waals surface area contributed by atoms with Crippen molar-refractivity contribution >= 4 is 17.2 Å². The van der Waals surface area contributed by atoms with Crippen LogP contribution >= 0.6 is 11.3 Å². The van der Waals surface area contributed by atoms with Gasteiger partial charge in [0.15, 0.2) is 0 Å². The molecular formula is C11H19N3OS. The fourth-order valence-electron chi connectivity index (χ4n) is 1.22. The van der Waals surface area contributed by atoms with Crippen LogP contribution in [0.4, 0.5) is 0 Å². The Kier molecular flexibility index (Phi) is 4.89. The van der Waals surface area contributed by atoms with Crippen LogP contribution in [-0.4, -0.2) is 23.0 Å². The topological polar surface area (TPSA) is 54.0 Å². The number of hydrogen-bond acceptors (Lipinski definition) is 4. The van der Waals surface area contributed by atoms with Crippen molar-refractivity contribution in [3.05, 3.63) is 16.6 Å². The molecule has 0 aliphatic carbocycles. The highest BCUT2D eigenvalue weighted by atomic mass is 32.1. The number of hydrogen-bond donors (Lipinski definition) is 2. The largest absolute Gasteiger partial charge is 0.351 e. The predicted octanol–water partition coefficient (Wildman–Crippen LogP) is 1.54. The van der Waals surface area contributed by atoms with Gasteiger partial charge in [0.1, 0.15) is 5.01 Å². The summed E-state index contributed by atoms with van der Waals surface area (Å²) in [7, 11) is 0. The lowest BCUT2D eigenvalue weighted by molar-refractivity contribution is -0.122. The molecule has 0 bridgehead atoms. The van der Waals surface area contributed by atoms with Crippen LogP contribution in [0, 0.1) is 0 Å². The average Bonchev–Trinajstić information content (AvgIpc) is 2.62. The molecule has 1 aromatic heterocycles. The van der Waals surface area contributed by atoms with Crippen LogP contribution in [-0.2, 0) is 11.3 Å². The van der Waals surface area contributed by atoms with Gasteiger partial charge in [-0.2, -0.15) is 0 Å². The summed E-state index contributed by atoms with van der Waals surface area (Å²) in [5.74, 6) is 0.0825. The molecule has 0 atom stereocenters. The summed E-state index contributed by atoms with van der Waals surface area (Å²) < 4.78 is 0. The summed E-state index contributed by atoms with van der Waals surface area (Å²) in [5.41, 5.74) is -0.146. The summed E-state index contributed by atoms with van der Waals surface area (Å²) in [4.78, 5) is 15.6. The zero-order valence-corrected chi connectivity index (χ0v) is 10.9. The number of rotatable bonds is 5. The van der Waals surface area contributed by atoms with Crippen molar-refractivity contribution in [2.24, 2.45) is 0 Å². The minimum atomic E-state index is -0.146. The van der Waals surface area contributed by atoms with Crippen LogP contribution in [0.15, 0.2) is 11.6 Å². The smallest absolute Gasteiger partial charge is 0.221 e. The second-order valence-corrected chi connectivity index (χ2v) is 5.63. The van der Waals surface area contributed by atoms with E-state index in [0.29, 0.717) is 13.0 Å². The summed E-state index contributed by atoms with van der Waals surface area (Å²) in [6.07, 6.45) is 2.29. The van der Waals surface area contributed by atoms with Gasteiger partial charge in [-0.1, -0.05) is 0 Å². The summed E-state index contributed by atoms with van der Waals surface area (Å²) >= 11 is 1.62. The summed E-state index contributed by atoms with van der Waals surface area (Å²) in [5, 5.41) is 9.11. The maximum absolute atomic E-state index is 11.5. The summed E-state index contributed by atoms with van der Waals surface area (Å²) in [6, 6.07) is 0. The second-order valence-electron chi connectivity index (χ2n) is 4.65. The Morgan fingerprint density at radius 3 is 2.81 bits per heavy atom. The molecule has 2 N–H and O–H groups in total. The van der Waals surface area contributed by atoms with Gasteiger partial charge in [0.05, 0.1) is 0 Å². The molecule has 4 nitrogen and oxygen atoms in total. The van der Waals surface area contributed by atoms with E-state index in [2.05, 4.69) is 15.6 Å². The third-order valence-electron chi connectivity index (χ3n) is 1.80. The molecule has 0 aliphatic rings. The van der Waals surface area contributed by atoms with E-state index in [0.717, 1.165) is 11.6 Å². The molecule has 0 aliphatic heterocycles. The van der Waals surface area contributed by atoms with E-state index in [1.807, 2.05) is 26.2 Å². The first-order valence-corrected chi connectivity index (χ1v) is 6.25. The lowest BCUT2D eigenvalue weighted by atomic mass is 10.1. The first-order valence-electron chi connectivity index (χ1n) is 5.37. The fraction of sp³-hybridized carbons (Fsp3) is 0.636. The molecule has 90 valence electrons. The SMILES string of the molecule is CC(C)(C)NC(=O)CCNCc1nccs1. The van der Waals surface area contributed by atoms with Crippen LogP contribution in [0.1, 0.15) is 32.2 Å². The lowest BCUT2D eigenvalue weighted by Gasteiger charge is -2.20. The number of amides is 1. The number of carbonyl (C=O) groups excluding carboxylic acids is 1. The maximum atomic E-state index is 11.5. The first-order chi connectivity index (χ1) is 7.47. The van der Waals surface area contributed by atoms with Crippen molar-refractivity contribution < 1.29 is 4.79 Å². The Hall–Kier alpha value is -0.940. The van der Waals surface area contributed by atoms with Gasteiger partial charge in [-0.3, -0.25) is 4.79 Å². The maximum Gasteiger partial charge on any atom is 0.221 e. The van der Waals surface area contributed by atoms with Gasteiger partial charge in [0.25, 0.3) is 0 Å². The fourth-order valence-corrected chi connectivity index (χ4v) is 1.80. The van der Waals surface area contributed by atoms with E-state index < -0.39 is 0 Å². The highest BCUT2D eigenvalue weighted by Gasteiger charge is 2.12. The molecule has 16 heavy (non-hydrogen) atoms. The van der Waals surface area contributed by atoms with Crippen molar-refractivity contribution in [1.82, 2.24) is 15.6 Å². The van der Waals surface area contributed by atoms with Gasteiger partial charge in [-0.05, 0) is 20.8 Å². The molecule has 1 rings (SSSR count). The van der Waals surface area contributed by atoms with Crippen LogP contribution in [0.25, 0.3) is 0 Å². The highest BCUT2D eigenvalue weighted by molar-refractivity contribution is 7.09. The van der Waals surface area contributed by atoms with Crippen molar-refractivity contribution in [3.63, 3.8) is 0 Å². The van der Waals surface area contributed by atoms with Gasteiger partial charge in [-0.15, -0.1) is 11.3 Å². The second kappa shape index (κ2) is 5.96. The van der Waals surface area contributed by atoms with Crippen LogP contribution < -0.4 is 10.6 Å². The Morgan fingerprint density at radius 2 is 2.25 bits per heavy atom. The molecule has 1 heterocycles. The van der Waals surface area contributed by atoms with E-state index in [4.69, 9.17) is 0 Å². The van der Waals surface area contributed by atoms with Gasteiger partial charge >= 0.3 is 0 Å². The number of aromatic nitrogens is 1. The molecule has 0 spiro atoms. The van der Waals surface area contributed by atoms with Crippen molar-refractivity contribution in [2.75, 3.05) is 6.54 Å². The van der Waals surface area contributed by atoms with E-state index in [-0.39, 0.29) is 11.4 Å². The third kappa shape index (κ3) is 5.82. The Bertz CT molecular complexity index is 316. The quantitative estimate of drug-likeness (QED) is 0.769. The number of carbonyl (C=O) groups is 1. The standard InChI is InChI=1S/C11H19N3OS/c1-11(2,3)14-9(15)4-5-12-8-10-13-6-7-16-10/h6-7,12H,4-5,8H2,1-3H3,(H,14,15). The zero-order chi connectivity index (χ0) is 12.0. The number of thiazole rings is 1.